The van der Waals surface area contributed by atoms with E-state index in [2.05, 4.69) is 0 Å². The minimum Gasteiger partial charge on any atom is -0.462 e. The lowest BCUT2D eigenvalue weighted by molar-refractivity contribution is -0.385. The number of benzene rings is 1. The Hall–Kier alpha value is -2.36. The molecular formula is C16H20F3N3O4. The van der Waals surface area contributed by atoms with Gasteiger partial charge >= 0.3 is 12.1 Å². The Balaban J connectivity index is 2.05. The van der Waals surface area contributed by atoms with Gasteiger partial charge in [-0.2, -0.15) is 13.2 Å². The van der Waals surface area contributed by atoms with Crippen LogP contribution in [0.25, 0.3) is 0 Å². The van der Waals surface area contributed by atoms with E-state index in [1.54, 1.807) is 17.9 Å². The molecular weight excluding hydrogens is 355 g/mol. The number of hydrogen-bond donors (Lipinski definition) is 0. The number of nitro benzene ring substituents is 1. The molecule has 1 aliphatic rings. The molecule has 0 N–H and O–H groups in total. The van der Waals surface area contributed by atoms with Gasteiger partial charge in [0.15, 0.2) is 0 Å². The van der Waals surface area contributed by atoms with Crippen LogP contribution in [0.3, 0.4) is 0 Å². The van der Waals surface area contributed by atoms with Crippen LogP contribution in [0.4, 0.5) is 24.5 Å². The van der Waals surface area contributed by atoms with E-state index in [9.17, 15) is 28.1 Å². The second-order valence-electron chi connectivity index (χ2n) is 5.87. The van der Waals surface area contributed by atoms with E-state index < -0.39 is 23.5 Å². The third-order valence-electron chi connectivity index (χ3n) is 4.12. The number of hydrogen-bond acceptors (Lipinski definition) is 6. The zero-order valence-electron chi connectivity index (χ0n) is 14.3. The molecule has 0 spiro atoms. The van der Waals surface area contributed by atoms with Gasteiger partial charge in [-0.25, -0.2) is 4.79 Å². The molecule has 7 nitrogen and oxygen atoms in total. The first kappa shape index (κ1) is 20.0. The number of piperazine rings is 1. The molecule has 0 amide bonds. The smallest absolute Gasteiger partial charge is 0.390 e. The summed E-state index contributed by atoms with van der Waals surface area (Å²) in [7, 11) is 0. The maximum atomic E-state index is 12.3. The van der Waals surface area contributed by atoms with Gasteiger partial charge in [0, 0.05) is 44.5 Å². The molecule has 1 saturated heterocycles. The zero-order valence-corrected chi connectivity index (χ0v) is 14.3. The molecule has 26 heavy (non-hydrogen) atoms. The number of anilines is 1. The molecule has 0 unspecified atom stereocenters. The number of esters is 1. The van der Waals surface area contributed by atoms with Crippen molar-refractivity contribution in [1.29, 1.82) is 0 Å². The quantitative estimate of drug-likeness (QED) is 0.432. The van der Waals surface area contributed by atoms with Crippen molar-refractivity contribution in [3.63, 3.8) is 0 Å². The van der Waals surface area contributed by atoms with Gasteiger partial charge in [-0.3, -0.25) is 15.0 Å². The lowest BCUT2D eigenvalue weighted by Gasteiger charge is -2.36. The number of halogens is 3. The molecule has 1 heterocycles. The van der Waals surface area contributed by atoms with Crippen LogP contribution >= 0.6 is 0 Å². The molecule has 0 atom stereocenters. The van der Waals surface area contributed by atoms with Gasteiger partial charge in [-0.15, -0.1) is 0 Å². The predicted molar refractivity (Wildman–Crippen MR) is 88.4 cm³/mol. The Morgan fingerprint density at radius 1 is 1.27 bits per heavy atom. The maximum absolute atomic E-state index is 12.3. The van der Waals surface area contributed by atoms with Crippen LogP contribution in [-0.4, -0.2) is 61.3 Å². The average molecular weight is 375 g/mol. The molecule has 2 rings (SSSR count). The van der Waals surface area contributed by atoms with Crippen molar-refractivity contribution in [2.45, 2.75) is 19.5 Å². The zero-order chi connectivity index (χ0) is 19.3. The Morgan fingerprint density at radius 3 is 2.46 bits per heavy atom. The molecule has 0 aliphatic carbocycles. The second kappa shape index (κ2) is 8.35. The average Bonchev–Trinajstić information content (AvgIpc) is 2.59. The molecule has 1 aliphatic heterocycles. The van der Waals surface area contributed by atoms with Crippen LogP contribution in [-0.2, 0) is 4.74 Å². The van der Waals surface area contributed by atoms with Crippen molar-refractivity contribution in [1.82, 2.24) is 4.90 Å². The normalized spacial score (nSPS) is 15.8. The topological polar surface area (TPSA) is 75.9 Å². The van der Waals surface area contributed by atoms with E-state index in [0.29, 0.717) is 31.9 Å². The highest BCUT2D eigenvalue weighted by Crippen LogP contribution is 2.27. The fourth-order valence-corrected chi connectivity index (χ4v) is 2.76. The monoisotopic (exact) mass is 375 g/mol. The van der Waals surface area contributed by atoms with Gasteiger partial charge in [0.25, 0.3) is 5.69 Å². The van der Waals surface area contributed by atoms with E-state index >= 15 is 0 Å². The van der Waals surface area contributed by atoms with E-state index in [4.69, 9.17) is 4.74 Å². The highest BCUT2D eigenvalue weighted by Gasteiger charge is 2.29. The minimum atomic E-state index is -4.18. The standard InChI is InChI=1S/C16H20F3N3O4/c1-2-26-15(23)13-4-3-12(11-14(13)22(24)25)21-9-7-20(8-10-21)6-5-16(17,18)19/h3-4,11H,2,5-10H2,1H3. The predicted octanol–water partition coefficient (Wildman–Crippen LogP) is 2.85. The molecule has 0 radical (unpaired) electrons. The summed E-state index contributed by atoms with van der Waals surface area (Å²) < 4.78 is 41.7. The maximum Gasteiger partial charge on any atom is 0.390 e. The first-order valence-corrected chi connectivity index (χ1v) is 8.21. The molecule has 10 heteroatoms. The SMILES string of the molecule is CCOC(=O)c1ccc(N2CCN(CCC(F)(F)F)CC2)cc1[N+](=O)[O-]. The third-order valence-corrected chi connectivity index (χ3v) is 4.12. The number of alkyl halides is 3. The van der Waals surface area contributed by atoms with Gasteiger partial charge in [0.05, 0.1) is 18.0 Å². The van der Waals surface area contributed by atoms with Crippen LogP contribution in [0.2, 0.25) is 0 Å². The summed E-state index contributed by atoms with van der Waals surface area (Å²) >= 11 is 0. The third kappa shape index (κ3) is 5.32. The molecule has 144 valence electrons. The van der Waals surface area contributed by atoms with Crippen LogP contribution in [0, 0.1) is 10.1 Å². The highest BCUT2D eigenvalue weighted by atomic mass is 19.4. The Labute approximate surface area is 148 Å². The Kier molecular flexibility index (Phi) is 6.41. The molecule has 0 aromatic heterocycles. The number of ether oxygens (including phenoxy) is 1. The Morgan fingerprint density at radius 2 is 1.92 bits per heavy atom. The van der Waals surface area contributed by atoms with Crippen LogP contribution in [0.15, 0.2) is 18.2 Å². The van der Waals surface area contributed by atoms with Gasteiger partial charge < -0.3 is 9.64 Å². The summed E-state index contributed by atoms with van der Waals surface area (Å²) in [5.74, 6) is -0.761. The summed E-state index contributed by atoms with van der Waals surface area (Å²) in [5.41, 5.74) is 0.0880. The highest BCUT2D eigenvalue weighted by molar-refractivity contribution is 5.94. The molecule has 0 bridgehead atoms. The first-order valence-electron chi connectivity index (χ1n) is 8.21. The van der Waals surface area contributed by atoms with Gasteiger partial charge in [0.1, 0.15) is 5.56 Å². The number of nitro groups is 1. The fraction of sp³-hybridized carbons (Fsp3) is 0.562. The van der Waals surface area contributed by atoms with E-state index in [0.717, 1.165) is 0 Å². The molecule has 0 saturated carbocycles. The summed E-state index contributed by atoms with van der Waals surface area (Å²) in [6.45, 7) is 3.43. The van der Waals surface area contributed by atoms with Crippen molar-refractivity contribution in [2.75, 3.05) is 44.2 Å². The van der Waals surface area contributed by atoms with Crippen LogP contribution < -0.4 is 4.90 Å². The van der Waals surface area contributed by atoms with Crippen molar-refractivity contribution in [3.8, 4) is 0 Å². The molecule has 1 aromatic carbocycles. The number of carbonyl (C=O) groups excluding carboxylic acids is 1. The van der Waals surface area contributed by atoms with Crippen molar-refractivity contribution in [3.05, 3.63) is 33.9 Å². The fourth-order valence-electron chi connectivity index (χ4n) is 2.76. The number of carbonyl (C=O) groups is 1. The summed E-state index contributed by atoms with van der Waals surface area (Å²) in [6, 6.07) is 4.24. The van der Waals surface area contributed by atoms with Crippen molar-refractivity contribution >= 4 is 17.3 Å². The largest absolute Gasteiger partial charge is 0.462 e. The number of rotatable bonds is 6. The minimum absolute atomic E-state index is 0.0563. The summed E-state index contributed by atoms with van der Waals surface area (Å²) in [6.07, 6.45) is -5.03. The summed E-state index contributed by atoms with van der Waals surface area (Å²) in [5, 5.41) is 11.3. The van der Waals surface area contributed by atoms with Crippen LogP contribution in [0.1, 0.15) is 23.7 Å². The van der Waals surface area contributed by atoms with Crippen molar-refractivity contribution in [2.24, 2.45) is 0 Å². The summed E-state index contributed by atoms with van der Waals surface area (Å²) in [4.78, 5) is 26.0. The van der Waals surface area contributed by atoms with E-state index in [1.165, 1.54) is 12.1 Å². The van der Waals surface area contributed by atoms with Gasteiger partial charge in [0.2, 0.25) is 0 Å². The first-order chi connectivity index (χ1) is 12.2. The van der Waals surface area contributed by atoms with E-state index in [-0.39, 0.29) is 24.4 Å². The lowest BCUT2D eigenvalue weighted by Crippen LogP contribution is -2.47. The number of nitrogens with zero attached hydrogens (tertiary/aromatic N) is 3. The van der Waals surface area contributed by atoms with Gasteiger partial charge in [-0.1, -0.05) is 0 Å². The molecule has 1 fully saturated rings. The Bertz CT molecular complexity index is 659. The second-order valence-corrected chi connectivity index (χ2v) is 5.87. The molecule has 1 aromatic rings. The lowest BCUT2D eigenvalue weighted by atomic mass is 10.1. The van der Waals surface area contributed by atoms with Crippen molar-refractivity contribution < 1.29 is 27.6 Å². The van der Waals surface area contributed by atoms with Crippen LogP contribution in [0.5, 0.6) is 0 Å². The van der Waals surface area contributed by atoms with Gasteiger partial charge in [-0.05, 0) is 19.1 Å². The van der Waals surface area contributed by atoms with E-state index in [1.807, 2.05) is 4.90 Å².